The third kappa shape index (κ3) is 6.15. The fourth-order valence-electron chi connectivity index (χ4n) is 5.46. The molecule has 0 fully saturated rings. The van der Waals surface area contributed by atoms with E-state index in [1.54, 1.807) is 25.2 Å². The van der Waals surface area contributed by atoms with Crippen molar-refractivity contribution in [3.63, 3.8) is 0 Å². The van der Waals surface area contributed by atoms with Crippen LogP contribution in [0.4, 0.5) is 0 Å². The van der Waals surface area contributed by atoms with Crippen molar-refractivity contribution in [1.82, 2.24) is 10.3 Å². The number of allylic oxidation sites excluding steroid dienone is 2. The van der Waals surface area contributed by atoms with Crippen LogP contribution in [0, 0.1) is 13.8 Å². The van der Waals surface area contributed by atoms with Crippen LogP contribution in [0.5, 0.6) is 0 Å². The van der Waals surface area contributed by atoms with Gasteiger partial charge in [0.15, 0.2) is 0 Å². The summed E-state index contributed by atoms with van der Waals surface area (Å²) in [6, 6.07) is 12.4. The summed E-state index contributed by atoms with van der Waals surface area (Å²) in [5, 5.41) is 6.16. The largest absolute Gasteiger partial charge is 0.463 e. The molecule has 3 aromatic rings. The Morgan fingerprint density at radius 3 is 1.98 bits per heavy atom. The van der Waals surface area contributed by atoms with Crippen LogP contribution in [0.2, 0.25) is 0 Å². The fraction of sp³-hybridized carbons (Fsp3) is 0.382. The molecule has 41 heavy (non-hydrogen) atoms. The van der Waals surface area contributed by atoms with Crippen molar-refractivity contribution in [2.75, 3.05) is 13.2 Å². The minimum Gasteiger partial charge on any atom is -0.463 e. The van der Waals surface area contributed by atoms with E-state index in [0.29, 0.717) is 22.5 Å². The summed E-state index contributed by atoms with van der Waals surface area (Å²) in [6.45, 7) is 18.6. The number of esters is 2. The summed E-state index contributed by atoms with van der Waals surface area (Å²) in [5.74, 6) is -1.55. The van der Waals surface area contributed by atoms with E-state index in [1.165, 1.54) is 16.7 Å². The molecule has 0 saturated carbocycles. The molecule has 1 N–H and O–H groups in total. The highest BCUT2D eigenvalue weighted by atomic mass is 32.1. The first-order valence-electron chi connectivity index (χ1n) is 14.1. The van der Waals surface area contributed by atoms with Gasteiger partial charge in [-0.1, -0.05) is 51.1 Å². The number of aryl methyl sites for hydroxylation is 2. The van der Waals surface area contributed by atoms with Gasteiger partial charge in [-0.15, -0.1) is 11.3 Å². The van der Waals surface area contributed by atoms with Gasteiger partial charge in [-0.05, 0) is 75.3 Å². The molecule has 1 aromatic heterocycles. The van der Waals surface area contributed by atoms with Crippen molar-refractivity contribution in [3.05, 3.63) is 86.6 Å². The number of nitrogens with one attached hydrogen (secondary N) is 1. The Morgan fingerprint density at radius 1 is 0.902 bits per heavy atom. The lowest BCUT2D eigenvalue weighted by molar-refractivity contribution is -0.139. The molecule has 0 aliphatic carbocycles. The van der Waals surface area contributed by atoms with Gasteiger partial charge in [0, 0.05) is 27.9 Å². The quantitative estimate of drug-likeness (QED) is 0.292. The van der Waals surface area contributed by atoms with Crippen LogP contribution in [0.25, 0.3) is 21.8 Å². The molecule has 6 nitrogen and oxygen atoms in total. The number of hydrogen-bond donors (Lipinski definition) is 1. The van der Waals surface area contributed by atoms with E-state index in [0.717, 1.165) is 27.4 Å². The molecule has 0 radical (unpaired) electrons. The molecule has 4 rings (SSSR count). The predicted octanol–water partition coefficient (Wildman–Crippen LogP) is 7.75. The van der Waals surface area contributed by atoms with E-state index in [1.807, 2.05) is 38.1 Å². The first kappa shape index (κ1) is 30.3. The summed E-state index contributed by atoms with van der Waals surface area (Å²) in [4.78, 5) is 31.4. The molecule has 0 unspecified atom stereocenters. The second kappa shape index (κ2) is 12.0. The van der Waals surface area contributed by atoms with Crippen LogP contribution >= 0.6 is 11.3 Å². The molecule has 1 aliphatic rings. The lowest BCUT2D eigenvalue weighted by Gasteiger charge is -2.30. The normalized spacial score (nSPS) is 14.3. The maximum absolute atomic E-state index is 13.2. The molecule has 0 bridgehead atoms. The summed E-state index contributed by atoms with van der Waals surface area (Å²) in [7, 11) is 0. The standard InChI is InChI=1S/C34H40N2O4S/c1-10-39-32(37)28-21(5)35-22(6)29(33(38)40-11-2)30(28)23-13-12-14-24(17-23)31-36-26(18-41-31)27-19(3)15-25(16-20(27)4)34(7,8)9/h12-18,30,35H,10-11H2,1-9H3. The number of benzene rings is 2. The van der Waals surface area contributed by atoms with E-state index in [4.69, 9.17) is 14.5 Å². The number of thiazole rings is 1. The smallest absolute Gasteiger partial charge is 0.336 e. The van der Waals surface area contributed by atoms with E-state index in [2.05, 4.69) is 57.4 Å². The van der Waals surface area contributed by atoms with Gasteiger partial charge in [0.25, 0.3) is 0 Å². The zero-order valence-corrected chi connectivity index (χ0v) is 26.3. The summed E-state index contributed by atoms with van der Waals surface area (Å²) < 4.78 is 10.8. The molecule has 1 aliphatic heterocycles. The van der Waals surface area contributed by atoms with E-state index in [9.17, 15) is 9.59 Å². The molecule has 0 atom stereocenters. The van der Waals surface area contributed by atoms with Crippen molar-refractivity contribution >= 4 is 23.3 Å². The van der Waals surface area contributed by atoms with Crippen LogP contribution in [0.15, 0.2) is 64.3 Å². The van der Waals surface area contributed by atoms with Gasteiger partial charge in [-0.3, -0.25) is 0 Å². The van der Waals surface area contributed by atoms with Gasteiger partial charge in [0.1, 0.15) is 5.01 Å². The molecular weight excluding hydrogens is 532 g/mol. The van der Waals surface area contributed by atoms with Crippen molar-refractivity contribution in [2.24, 2.45) is 0 Å². The van der Waals surface area contributed by atoms with E-state index < -0.39 is 17.9 Å². The van der Waals surface area contributed by atoms with E-state index in [-0.39, 0.29) is 18.6 Å². The summed E-state index contributed by atoms with van der Waals surface area (Å²) in [5.41, 5.74) is 9.72. The molecule has 216 valence electrons. The Balaban J connectivity index is 1.79. The zero-order valence-electron chi connectivity index (χ0n) is 25.5. The van der Waals surface area contributed by atoms with Crippen LogP contribution in [0.3, 0.4) is 0 Å². The Bertz CT molecular complexity index is 1490. The van der Waals surface area contributed by atoms with Crippen molar-refractivity contribution in [3.8, 4) is 21.8 Å². The molecular formula is C34H40N2O4S. The lowest BCUT2D eigenvalue weighted by atomic mass is 9.80. The van der Waals surface area contributed by atoms with Crippen molar-refractivity contribution in [2.45, 2.75) is 73.6 Å². The minimum atomic E-state index is -0.636. The monoisotopic (exact) mass is 572 g/mol. The molecule has 0 saturated heterocycles. The maximum Gasteiger partial charge on any atom is 0.336 e. The topological polar surface area (TPSA) is 77.5 Å². The average molecular weight is 573 g/mol. The van der Waals surface area contributed by atoms with Gasteiger partial charge in [-0.25, -0.2) is 14.6 Å². The van der Waals surface area contributed by atoms with Gasteiger partial charge < -0.3 is 14.8 Å². The second-order valence-corrected chi connectivity index (χ2v) is 12.3. The fourth-order valence-corrected chi connectivity index (χ4v) is 6.27. The zero-order chi connectivity index (χ0) is 30.1. The molecule has 0 amide bonds. The molecule has 2 aromatic carbocycles. The third-order valence-electron chi connectivity index (χ3n) is 7.38. The average Bonchev–Trinajstić information content (AvgIpc) is 3.37. The molecule has 2 heterocycles. The van der Waals surface area contributed by atoms with Crippen LogP contribution in [-0.2, 0) is 24.5 Å². The highest BCUT2D eigenvalue weighted by Crippen LogP contribution is 2.41. The maximum atomic E-state index is 13.2. The number of carbonyl (C=O) groups is 2. The number of hydrogen-bond acceptors (Lipinski definition) is 7. The summed E-state index contributed by atoms with van der Waals surface area (Å²) in [6.07, 6.45) is 0. The van der Waals surface area contributed by atoms with Gasteiger partial charge in [0.05, 0.1) is 36.0 Å². The van der Waals surface area contributed by atoms with Crippen molar-refractivity contribution in [1.29, 1.82) is 0 Å². The first-order valence-corrected chi connectivity index (χ1v) is 15.0. The minimum absolute atomic E-state index is 0.0702. The van der Waals surface area contributed by atoms with Gasteiger partial charge >= 0.3 is 11.9 Å². The van der Waals surface area contributed by atoms with Gasteiger partial charge in [-0.2, -0.15) is 0 Å². The van der Waals surface area contributed by atoms with Crippen molar-refractivity contribution < 1.29 is 19.1 Å². The Morgan fingerprint density at radius 2 is 1.46 bits per heavy atom. The Kier molecular flexibility index (Phi) is 8.88. The SMILES string of the molecule is CCOC(=O)C1=C(C)NC(C)=C(C(=O)OCC)C1c1cccc(-c2nc(-c3c(C)cc(C(C)(C)C)cc3C)cs2)c1. The van der Waals surface area contributed by atoms with Crippen LogP contribution in [0.1, 0.15) is 76.6 Å². The molecule has 0 spiro atoms. The number of nitrogens with zero attached hydrogens (tertiary/aromatic N) is 1. The highest BCUT2D eigenvalue weighted by Gasteiger charge is 2.38. The van der Waals surface area contributed by atoms with Crippen LogP contribution < -0.4 is 5.32 Å². The Hall–Kier alpha value is -3.71. The number of carbonyl (C=O) groups excluding carboxylic acids is 2. The third-order valence-corrected chi connectivity index (χ3v) is 8.27. The Labute approximate surface area is 247 Å². The number of ether oxygens (including phenoxy) is 2. The number of aromatic nitrogens is 1. The lowest BCUT2D eigenvalue weighted by Crippen LogP contribution is -2.32. The second-order valence-electron chi connectivity index (χ2n) is 11.5. The predicted molar refractivity (Wildman–Crippen MR) is 166 cm³/mol. The molecule has 7 heteroatoms. The van der Waals surface area contributed by atoms with Gasteiger partial charge in [0.2, 0.25) is 0 Å². The van der Waals surface area contributed by atoms with E-state index >= 15 is 0 Å². The van der Waals surface area contributed by atoms with Crippen LogP contribution in [-0.4, -0.2) is 30.1 Å². The summed E-state index contributed by atoms with van der Waals surface area (Å²) >= 11 is 1.58. The number of rotatable bonds is 7. The first-order chi connectivity index (χ1) is 19.4. The highest BCUT2D eigenvalue weighted by molar-refractivity contribution is 7.13. The number of dihydropyridines is 1.